The van der Waals surface area contributed by atoms with Crippen molar-refractivity contribution < 1.29 is 0 Å². The third kappa shape index (κ3) is 2.01. The lowest BCUT2D eigenvalue weighted by atomic mass is 9.70. The van der Waals surface area contributed by atoms with Crippen LogP contribution in [0.25, 0.3) is 0 Å². The van der Waals surface area contributed by atoms with Crippen LogP contribution in [0.4, 0.5) is 0 Å². The van der Waals surface area contributed by atoms with Crippen LogP contribution in [0.2, 0.25) is 0 Å². The summed E-state index contributed by atoms with van der Waals surface area (Å²) in [6, 6.07) is 8.99. The van der Waals surface area contributed by atoms with E-state index >= 15 is 0 Å². The molecule has 17 heavy (non-hydrogen) atoms. The molecule has 1 aromatic carbocycles. The van der Waals surface area contributed by atoms with Crippen LogP contribution in [0, 0.1) is 0 Å². The van der Waals surface area contributed by atoms with Gasteiger partial charge in [-0.25, -0.2) is 0 Å². The molecule has 1 heterocycles. The molecule has 3 rings (SSSR count). The SMILES string of the molecule is CCCC1(CC2Cc3ccccc32)CCCN1. The first kappa shape index (κ1) is 11.3. The second kappa shape index (κ2) is 4.45. The number of hydrogen-bond donors (Lipinski definition) is 1. The summed E-state index contributed by atoms with van der Waals surface area (Å²) in [5.41, 5.74) is 3.67. The standard InChI is InChI=1S/C16H23N/c1-2-8-16(9-5-10-17-16)12-14-11-13-6-3-4-7-15(13)14/h3-4,6-7,14,17H,2,5,8-12H2,1H3. The summed E-state index contributed by atoms with van der Waals surface area (Å²) in [5, 5.41) is 3.80. The molecule has 0 spiro atoms. The molecule has 1 N–H and O–H groups in total. The Balaban J connectivity index is 1.71. The highest BCUT2D eigenvalue weighted by Crippen LogP contribution is 2.43. The molecule has 1 aliphatic carbocycles. The fraction of sp³-hybridized carbons (Fsp3) is 0.625. The smallest absolute Gasteiger partial charge is 0.0187 e. The van der Waals surface area contributed by atoms with Gasteiger partial charge in [0, 0.05) is 5.54 Å². The third-order valence-electron chi connectivity index (χ3n) is 4.66. The fourth-order valence-corrected chi connectivity index (χ4v) is 3.85. The molecule has 1 fully saturated rings. The largest absolute Gasteiger partial charge is 0.311 e. The molecular formula is C16H23N. The minimum atomic E-state index is 0.465. The summed E-state index contributed by atoms with van der Waals surface area (Å²) >= 11 is 0. The predicted octanol–water partition coefficient (Wildman–Crippen LogP) is 3.64. The number of hydrogen-bond acceptors (Lipinski definition) is 1. The molecule has 2 atom stereocenters. The third-order valence-corrected chi connectivity index (χ3v) is 4.66. The fourth-order valence-electron chi connectivity index (χ4n) is 3.85. The summed E-state index contributed by atoms with van der Waals surface area (Å²) in [6.45, 7) is 3.55. The number of fused-ring (bicyclic) bond motifs is 1. The first-order valence-electron chi connectivity index (χ1n) is 7.16. The Morgan fingerprint density at radius 1 is 1.35 bits per heavy atom. The van der Waals surface area contributed by atoms with Gasteiger partial charge in [0.25, 0.3) is 0 Å². The van der Waals surface area contributed by atoms with Gasteiger partial charge in [0.1, 0.15) is 0 Å². The molecule has 92 valence electrons. The lowest BCUT2D eigenvalue weighted by molar-refractivity contribution is 0.285. The molecule has 1 aliphatic heterocycles. The second-order valence-electron chi connectivity index (χ2n) is 5.86. The predicted molar refractivity (Wildman–Crippen MR) is 72.4 cm³/mol. The quantitative estimate of drug-likeness (QED) is 0.831. The van der Waals surface area contributed by atoms with Gasteiger partial charge in [-0.1, -0.05) is 37.6 Å². The summed E-state index contributed by atoms with van der Waals surface area (Å²) in [7, 11) is 0. The minimum Gasteiger partial charge on any atom is -0.311 e. The van der Waals surface area contributed by atoms with Gasteiger partial charge in [-0.2, -0.15) is 0 Å². The Labute approximate surface area is 105 Å². The Hall–Kier alpha value is -0.820. The molecule has 1 nitrogen and oxygen atoms in total. The molecule has 2 aliphatic rings. The minimum absolute atomic E-state index is 0.465. The Bertz CT molecular complexity index is 390. The van der Waals surface area contributed by atoms with Crippen molar-refractivity contribution in [3.63, 3.8) is 0 Å². The van der Waals surface area contributed by atoms with Crippen molar-refractivity contribution in [2.24, 2.45) is 0 Å². The van der Waals surface area contributed by atoms with E-state index in [1.807, 2.05) is 0 Å². The maximum atomic E-state index is 3.80. The van der Waals surface area contributed by atoms with Crippen molar-refractivity contribution in [3.8, 4) is 0 Å². The molecular weight excluding hydrogens is 206 g/mol. The van der Waals surface area contributed by atoms with Gasteiger partial charge in [-0.05, 0) is 55.7 Å². The molecule has 0 bridgehead atoms. The highest BCUT2D eigenvalue weighted by atomic mass is 15.0. The van der Waals surface area contributed by atoms with E-state index in [-0.39, 0.29) is 0 Å². The summed E-state index contributed by atoms with van der Waals surface area (Å²) in [4.78, 5) is 0. The van der Waals surface area contributed by atoms with E-state index in [2.05, 4.69) is 36.5 Å². The van der Waals surface area contributed by atoms with Crippen LogP contribution < -0.4 is 5.32 Å². The molecule has 1 aromatic rings. The van der Waals surface area contributed by atoms with E-state index in [1.54, 1.807) is 11.1 Å². The highest BCUT2D eigenvalue weighted by Gasteiger charge is 2.38. The van der Waals surface area contributed by atoms with E-state index in [4.69, 9.17) is 0 Å². The maximum absolute atomic E-state index is 3.80. The van der Waals surface area contributed by atoms with Crippen molar-refractivity contribution in [2.45, 2.75) is 56.9 Å². The number of nitrogens with one attached hydrogen (secondary N) is 1. The van der Waals surface area contributed by atoms with Gasteiger partial charge < -0.3 is 5.32 Å². The first-order valence-corrected chi connectivity index (χ1v) is 7.16. The van der Waals surface area contributed by atoms with Gasteiger partial charge in [0.15, 0.2) is 0 Å². The average Bonchev–Trinajstić information content (AvgIpc) is 2.76. The number of benzene rings is 1. The van der Waals surface area contributed by atoms with Crippen LogP contribution >= 0.6 is 0 Å². The second-order valence-corrected chi connectivity index (χ2v) is 5.86. The van der Waals surface area contributed by atoms with Crippen molar-refractivity contribution in [2.75, 3.05) is 6.54 Å². The molecule has 0 aromatic heterocycles. The van der Waals surface area contributed by atoms with E-state index < -0.39 is 0 Å². The van der Waals surface area contributed by atoms with Crippen LogP contribution in [0.15, 0.2) is 24.3 Å². The zero-order valence-corrected chi connectivity index (χ0v) is 10.8. The lowest BCUT2D eigenvalue weighted by Crippen LogP contribution is -2.42. The molecule has 1 saturated heterocycles. The summed E-state index contributed by atoms with van der Waals surface area (Å²) in [5.74, 6) is 0.823. The normalized spacial score (nSPS) is 31.0. The zero-order chi connectivity index (χ0) is 11.7. The van der Waals surface area contributed by atoms with E-state index in [9.17, 15) is 0 Å². The molecule has 0 saturated carbocycles. The van der Waals surface area contributed by atoms with E-state index in [0.29, 0.717) is 5.54 Å². The van der Waals surface area contributed by atoms with Gasteiger partial charge in [-0.3, -0.25) is 0 Å². The van der Waals surface area contributed by atoms with Crippen LogP contribution in [-0.2, 0) is 6.42 Å². The molecule has 2 unspecified atom stereocenters. The van der Waals surface area contributed by atoms with Crippen molar-refractivity contribution >= 4 is 0 Å². The molecule has 0 radical (unpaired) electrons. The Morgan fingerprint density at radius 3 is 2.94 bits per heavy atom. The van der Waals surface area contributed by atoms with Crippen LogP contribution in [0.1, 0.15) is 56.1 Å². The van der Waals surface area contributed by atoms with Crippen LogP contribution in [-0.4, -0.2) is 12.1 Å². The van der Waals surface area contributed by atoms with Crippen molar-refractivity contribution in [1.82, 2.24) is 5.32 Å². The van der Waals surface area contributed by atoms with Crippen molar-refractivity contribution in [1.29, 1.82) is 0 Å². The average molecular weight is 229 g/mol. The Morgan fingerprint density at radius 2 is 2.24 bits per heavy atom. The van der Waals surface area contributed by atoms with Gasteiger partial charge in [-0.15, -0.1) is 0 Å². The van der Waals surface area contributed by atoms with E-state index in [1.165, 1.54) is 45.1 Å². The molecule has 1 heteroatoms. The van der Waals surface area contributed by atoms with Gasteiger partial charge >= 0.3 is 0 Å². The van der Waals surface area contributed by atoms with Crippen LogP contribution in [0.5, 0.6) is 0 Å². The summed E-state index contributed by atoms with van der Waals surface area (Å²) < 4.78 is 0. The highest BCUT2D eigenvalue weighted by molar-refractivity contribution is 5.40. The van der Waals surface area contributed by atoms with Crippen molar-refractivity contribution in [3.05, 3.63) is 35.4 Å². The number of rotatable bonds is 4. The maximum Gasteiger partial charge on any atom is 0.0187 e. The zero-order valence-electron chi connectivity index (χ0n) is 10.8. The summed E-state index contributed by atoms with van der Waals surface area (Å²) in [6.07, 6.45) is 8.09. The van der Waals surface area contributed by atoms with Gasteiger partial charge in [0.05, 0.1) is 0 Å². The van der Waals surface area contributed by atoms with Crippen LogP contribution in [0.3, 0.4) is 0 Å². The van der Waals surface area contributed by atoms with Gasteiger partial charge in [0.2, 0.25) is 0 Å². The Kier molecular flexibility index (Phi) is 2.96. The molecule has 0 amide bonds. The monoisotopic (exact) mass is 229 g/mol. The lowest BCUT2D eigenvalue weighted by Gasteiger charge is -2.39. The van der Waals surface area contributed by atoms with E-state index in [0.717, 1.165) is 5.92 Å². The first-order chi connectivity index (χ1) is 8.33. The topological polar surface area (TPSA) is 12.0 Å².